The number of carbonyl (C=O) groups is 1. The zero-order valence-corrected chi connectivity index (χ0v) is 13.1. The molecule has 0 saturated heterocycles. The predicted molar refractivity (Wildman–Crippen MR) is 82.6 cm³/mol. The standard InChI is InChI=1S/C16H15BrO4/c1-20-15-7-4-12(16(18)19)8-13(15)10-21-9-11-2-5-14(17)6-3-11/h2-8H,9-10H2,1H3,(H,18,19). The van der Waals surface area contributed by atoms with E-state index in [2.05, 4.69) is 15.9 Å². The van der Waals surface area contributed by atoms with E-state index in [0.717, 1.165) is 15.6 Å². The minimum atomic E-state index is -0.966. The first-order valence-electron chi connectivity index (χ1n) is 6.32. The lowest BCUT2D eigenvalue weighted by Gasteiger charge is -2.10. The van der Waals surface area contributed by atoms with Crippen LogP contribution in [-0.2, 0) is 18.0 Å². The average Bonchev–Trinajstić information content (AvgIpc) is 2.49. The maximum atomic E-state index is 11.0. The molecule has 0 fully saturated rings. The fourth-order valence-electron chi connectivity index (χ4n) is 1.88. The summed E-state index contributed by atoms with van der Waals surface area (Å²) in [6.07, 6.45) is 0. The first-order valence-corrected chi connectivity index (χ1v) is 7.12. The summed E-state index contributed by atoms with van der Waals surface area (Å²) in [7, 11) is 1.55. The van der Waals surface area contributed by atoms with Gasteiger partial charge in [0.05, 0.1) is 25.9 Å². The Morgan fingerprint density at radius 3 is 2.48 bits per heavy atom. The Labute approximate surface area is 131 Å². The summed E-state index contributed by atoms with van der Waals surface area (Å²) in [4.78, 5) is 11.0. The van der Waals surface area contributed by atoms with Gasteiger partial charge in [0.2, 0.25) is 0 Å². The Morgan fingerprint density at radius 1 is 1.14 bits per heavy atom. The highest BCUT2D eigenvalue weighted by molar-refractivity contribution is 9.10. The second-order valence-electron chi connectivity index (χ2n) is 4.45. The zero-order valence-electron chi connectivity index (χ0n) is 11.5. The Bertz CT molecular complexity index is 623. The molecule has 0 aliphatic carbocycles. The molecule has 5 heteroatoms. The number of carboxylic acid groups (broad SMARTS) is 1. The molecule has 2 aromatic rings. The van der Waals surface area contributed by atoms with Crippen LogP contribution in [0.1, 0.15) is 21.5 Å². The number of benzene rings is 2. The van der Waals surface area contributed by atoms with Crippen molar-refractivity contribution in [2.75, 3.05) is 7.11 Å². The van der Waals surface area contributed by atoms with Crippen LogP contribution in [0.25, 0.3) is 0 Å². The molecule has 0 aromatic heterocycles. The van der Waals surface area contributed by atoms with Crippen LogP contribution in [0.3, 0.4) is 0 Å². The molecule has 0 amide bonds. The topological polar surface area (TPSA) is 55.8 Å². The van der Waals surface area contributed by atoms with Gasteiger partial charge in [0.25, 0.3) is 0 Å². The second-order valence-corrected chi connectivity index (χ2v) is 5.37. The normalized spacial score (nSPS) is 10.4. The molecule has 110 valence electrons. The van der Waals surface area contributed by atoms with Crippen molar-refractivity contribution in [3.8, 4) is 5.75 Å². The summed E-state index contributed by atoms with van der Waals surface area (Å²) in [5, 5.41) is 9.02. The molecule has 0 heterocycles. The van der Waals surface area contributed by atoms with Gasteiger partial charge in [-0.05, 0) is 35.9 Å². The van der Waals surface area contributed by atoms with Crippen LogP contribution < -0.4 is 4.74 Å². The lowest BCUT2D eigenvalue weighted by atomic mass is 10.1. The van der Waals surface area contributed by atoms with Gasteiger partial charge in [-0.2, -0.15) is 0 Å². The molecule has 1 N–H and O–H groups in total. The third-order valence-corrected chi connectivity index (χ3v) is 3.50. The van der Waals surface area contributed by atoms with Crippen molar-refractivity contribution in [1.82, 2.24) is 0 Å². The van der Waals surface area contributed by atoms with Crippen molar-refractivity contribution in [2.45, 2.75) is 13.2 Å². The van der Waals surface area contributed by atoms with E-state index in [1.165, 1.54) is 6.07 Å². The Morgan fingerprint density at radius 2 is 1.86 bits per heavy atom. The van der Waals surface area contributed by atoms with Gasteiger partial charge in [-0.3, -0.25) is 0 Å². The zero-order chi connectivity index (χ0) is 15.2. The fourth-order valence-corrected chi connectivity index (χ4v) is 2.15. The maximum absolute atomic E-state index is 11.0. The van der Waals surface area contributed by atoms with E-state index < -0.39 is 5.97 Å². The fraction of sp³-hybridized carbons (Fsp3) is 0.188. The van der Waals surface area contributed by atoms with Crippen molar-refractivity contribution >= 4 is 21.9 Å². The van der Waals surface area contributed by atoms with Crippen LogP contribution in [0.4, 0.5) is 0 Å². The van der Waals surface area contributed by atoms with Crippen LogP contribution in [0.5, 0.6) is 5.75 Å². The predicted octanol–water partition coefficient (Wildman–Crippen LogP) is 3.87. The van der Waals surface area contributed by atoms with Gasteiger partial charge in [-0.15, -0.1) is 0 Å². The lowest BCUT2D eigenvalue weighted by molar-refractivity contribution is 0.0696. The van der Waals surface area contributed by atoms with Crippen LogP contribution in [0.2, 0.25) is 0 Å². The number of hydrogen-bond acceptors (Lipinski definition) is 3. The smallest absolute Gasteiger partial charge is 0.335 e. The minimum Gasteiger partial charge on any atom is -0.496 e. The minimum absolute atomic E-state index is 0.220. The Kier molecular flexibility index (Phi) is 5.36. The van der Waals surface area contributed by atoms with Gasteiger partial charge in [0.1, 0.15) is 5.75 Å². The molecule has 0 unspecified atom stereocenters. The molecule has 0 aliphatic heterocycles. The summed E-state index contributed by atoms with van der Waals surface area (Å²) in [5.41, 5.74) is 1.99. The number of methoxy groups -OCH3 is 1. The van der Waals surface area contributed by atoms with Crippen molar-refractivity contribution in [2.24, 2.45) is 0 Å². The quantitative estimate of drug-likeness (QED) is 0.858. The molecule has 0 bridgehead atoms. The highest BCUT2D eigenvalue weighted by Gasteiger charge is 2.09. The van der Waals surface area contributed by atoms with E-state index in [0.29, 0.717) is 19.0 Å². The van der Waals surface area contributed by atoms with Gasteiger partial charge >= 0.3 is 5.97 Å². The molecular formula is C16H15BrO4. The molecule has 2 aromatic carbocycles. The van der Waals surface area contributed by atoms with Crippen molar-refractivity contribution in [3.63, 3.8) is 0 Å². The molecule has 4 nitrogen and oxygen atoms in total. The van der Waals surface area contributed by atoms with Gasteiger partial charge < -0.3 is 14.6 Å². The summed E-state index contributed by atoms with van der Waals surface area (Å²) in [5.74, 6) is -0.345. The molecule has 0 atom stereocenters. The van der Waals surface area contributed by atoms with E-state index in [-0.39, 0.29) is 5.56 Å². The number of carboxylic acids is 1. The van der Waals surface area contributed by atoms with Crippen LogP contribution >= 0.6 is 15.9 Å². The monoisotopic (exact) mass is 350 g/mol. The largest absolute Gasteiger partial charge is 0.496 e. The number of hydrogen-bond donors (Lipinski definition) is 1. The number of aromatic carboxylic acids is 1. The van der Waals surface area contributed by atoms with Crippen molar-refractivity contribution in [1.29, 1.82) is 0 Å². The average molecular weight is 351 g/mol. The summed E-state index contributed by atoms with van der Waals surface area (Å²) < 4.78 is 11.9. The molecule has 0 saturated carbocycles. The number of halogens is 1. The van der Waals surface area contributed by atoms with Crippen LogP contribution in [0.15, 0.2) is 46.9 Å². The molecule has 0 radical (unpaired) electrons. The van der Waals surface area contributed by atoms with E-state index in [4.69, 9.17) is 14.6 Å². The third kappa shape index (κ3) is 4.31. The van der Waals surface area contributed by atoms with Crippen molar-refractivity contribution < 1.29 is 19.4 Å². The SMILES string of the molecule is COc1ccc(C(=O)O)cc1COCc1ccc(Br)cc1. The summed E-state index contributed by atoms with van der Waals surface area (Å²) in [6.45, 7) is 0.744. The van der Waals surface area contributed by atoms with E-state index >= 15 is 0 Å². The van der Waals surface area contributed by atoms with Crippen LogP contribution in [0, 0.1) is 0 Å². The van der Waals surface area contributed by atoms with Gasteiger partial charge in [-0.25, -0.2) is 4.79 Å². The summed E-state index contributed by atoms with van der Waals surface area (Å²) >= 11 is 3.38. The molecular weight excluding hydrogens is 336 g/mol. The van der Waals surface area contributed by atoms with E-state index in [9.17, 15) is 4.79 Å². The summed E-state index contributed by atoms with van der Waals surface area (Å²) in [6, 6.07) is 12.6. The molecule has 21 heavy (non-hydrogen) atoms. The number of rotatable bonds is 6. The highest BCUT2D eigenvalue weighted by Crippen LogP contribution is 2.21. The number of ether oxygens (including phenoxy) is 2. The van der Waals surface area contributed by atoms with Gasteiger partial charge in [0.15, 0.2) is 0 Å². The highest BCUT2D eigenvalue weighted by atomic mass is 79.9. The molecule has 2 rings (SSSR count). The van der Waals surface area contributed by atoms with Gasteiger partial charge in [0, 0.05) is 10.0 Å². The first-order chi connectivity index (χ1) is 10.1. The lowest BCUT2D eigenvalue weighted by Crippen LogP contribution is -2.02. The molecule has 0 spiro atoms. The maximum Gasteiger partial charge on any atom is 0.335 e. The van der Waals surface area contributed by atoms with Crippen LogP contribution in [-0.4, -0.2) is 18.2 Å². The van der Waals surface area contributed by atoms with Gasteiger partial charge in [-0.1, -0.05) is 28.1 Å². The second kappa shape index (κ2) is 7.24. The third-order valence-electron chi connectivity index (χ3n) is 2.97. The van der Waals surface area contributed by atoms with E-state index in [1.807, 2.05) is 24.3 Å². The molecule has 0 aliphatic rings. The van der Waals surface area contributed by atoms with Crippen molar-refractivity contribution in [3.05, 3.63) is 63.6 Å². The van der Waals surface area contributed by atoms with E-state index in [1.54, 1.807) is 19.2 Å². The Hall–Kier alpha value is -1.85. The first kappa shape index (κ1) is 15.5. The Balaban J connectivity index is 2.03.